The van der Waals surface area contributed by atoms with E-state index >= 15 is 0 Å². The molecule has 0 radical (unpaired) electrons. The molecule has 0 aliphatic carbocycles. The summed E-state index contributed by atoms with van der Waals surface area (Å²) in [7, 11) is 0. The number of carbonyl (C=O) groups excluding carboxylic acids is 1. The van der Waals surface area contributed by atoms with Crippen molar-refractivity contribution < 1.29 is 9.82 Å². The number of likely N-dealkylation sites (tertiary alicyclic amines) is 1. The molecule has 1 aliphatic heterocycles. The Kier molecular flexibility index (Phi) is 3.95. The number of hydrogen-bond donors (Lipinski definition) is 2. The van der Waals surface area contributed by atoms with Crippen molar-refractivity contribution >= 4 is 12.8 Å². The number of rotatable bonds is 3. The first kappa shape index (κ1) is 11.5. The maximum Gasteiger partial charge on any atom is 0.309 e. The van der Waals surface area contributed by atoms with Crippen LogP contribution in [-0.2, 0) is 4.79 Å². The second kappa shape index (κ2) is 4.80. The van der Waals surface area contributed by atoms with E-state index in [0.29, 0.717) is 6.54 Å². The molecule has 0 bridgehead atoms. The molecule has 80 valence electrons. The van der Waals surface area contributed by atoms with Gasteiger partial charge in [0.2, 0.25) is 5.91 Å². The van der Waals surface area contributed by atoms with Gasteiger partial charge in [-0.2, -0.15) is 0 Å². The van der Waals surface area contributed by atoms with Crippen LogP contribution in [-0.4, -0.2) is 41.8 Å². The molecule has 1 unspecified atom stereocenters. The topological polar surface area (TPSA) is 66.6 Å². The van der Waals surface area contributed by atoms with Gasteiger partial charge in [0.15, 0.2) is 0 Å². The van der Waals surface area contributed by atoms with Crippen molar-refractivity contribution in [2.75, 3.05) is 13.1 Å². The van der Waals surface area contributed by atoms with Crippen molar-refractivity contribution in [3.8, 4) is 0 Å². The van der Waals surface area contributed by atoms with Gasteiger partial charge in [-0.15, -0.1) is 0 Å². The lowest BCUT2D eigenvalue weighted by atomic mass is 9.62. The fourth-order valence-electron chi connectivity index (χ4n) is 1.95. The van der Waals surface area contributed by atoms with Gasteiger partial charge in [0, 0.05) is 24.9 Å². The van der Waals surface area contributed by atoms with E-state index < -0.39 is 6.92 Å². The molecule has 1 amide bonds. The quantitative estimate of drug-likeness (QED) is 0.613. The van der Waals surface area contributed by atoms with Crippen LogP contribution in [0.5, 0.6) is 0 Å². The fourth-order valence-corrected chi connectivity index (χ4v) is 1.95. The number of hydrogen-bond acceptors (Lipinski definition) is 3. The summed E-state index contributed by atoms with van der Waals surface area (Å²) in [4.78, 5) is 13.6. The molecule has 3 N–H and O–H groups in total. The minimum atomic E-state index is -0.438. The highest BCUT2D eigenvalue weighted by molar-refractivity contribution is 6.51. The molecule has 0 saturated carbocycles. The predicted molar refractivity (Wildman–Crippen MR) is 56.8 cm³/mol. The van der Waals surface area contributed by atoms with Gasteiger partial charge in [0.1, 0.15) is 0 Å². The predicted octanol–water partition coefficient (Wildman–Crippen LogP) is -0.275. The third kappa shape index (κ3) is 2.28. The molecule has 1 saturated heterocycles. The Bertz CT molecular complexity index is 211. The minimum absolute atomic E-state index is 0.00324. The molecule has 0 spiro atoms. The average Bonchev–Trinajstić information content (AvgIpc) is 2.63. The van der Waals surface area contributed by atoms with Gasteiger partial charge in [-0.05, 0) is 12.8 Å². The van der Waals surface area contributed by atoms with Gasteiger partial charge >= 0.3 is 6.92 Å². The van der Waals surface area contributed by atoms with E-state index in [-0.39, 0.29) is 17.8 Å². The van der Waals surface area contributed by atoms with Crippen molar-refractivity contribution in [3.63, 3.8) is 0 Å². The zero-order chi connectivity index (χ0) is 10.7. The molecule has 1 heterocycles. The van der Waals surface area contributed by atoms with Gasteiger partial charge in [0.05, 0.1) is 0 Å². The summed E-state index contributed by atoms with van der Waals surface area (Å²) in [6.07, 6.45) is 1.89. The zero-order valence-corrected chi connectivity index (χ0v) is 8.94. The van der Waals surface area contributed by atoms with Gasteiger partial charge in [-0.25, -0.2) is 0 Å². The second-order valence-electron chi connectivity index (χ2n) is 4.12. The van der Waals surface area contributed by atoms with Crippen LogP contribution in [0.4, 0.5) is 0 Å². The Balaban J connectivity index is 2.62. The van der Waals surface area contributed by atoms with Crippen LogP contribution in [0.3, 0.4) is 0 Å². The highest BCUT2D eigenvalue weighted by Gasteiger charge is 2.35. The van der Waals surface area contributed by atoms with Crippen LogP contribution >= 0.6 is 0 Å². The van der Waals surface area contributed by atoms with Crippen LogP contribution < -0.4 is 5.73 Å². The second-order valence-corrected chi connectivity index (χ2v) is 4.12. The summed E-state index contributed by atoms with van der Waals surface area (Å²) >= 11 is 0. The first-order valence-electron chi connectivity index (χ1n) is 5.26. The largest absolute Gasteiger partial charge is 0.449 e. The molecule has 1 aliphatic rings. The smallest absolute Gasteiger partial charge is 0.309 e. The Hall–Kier alpha value is -0.545. The van der Waals surface area contributed by atoms with Crippen molar-refractivity contribution in [3.05, 3.63) is 0 Å². The highest BCUT2D eigenvalue weighted by atomic mass is 16.2. The van der Waals surface area contributed by atoms with Crippen molar-refractivity contribution in [2.24, 2.45) is 11.7 Å². The summed E-state index contributed by atoms with van der Waals surface area (Å²) in [6.45, 7) is 4.27. The summed E-state index contributed by atoms with van der Waals surface area (Å²) in [5.41, 5.74) is 5.45. The molecule has 1 rings (SSSR count). The van der Waals surface area contributed by atoms with Gasteiger partial charge in [-0.1, -0.05) is 13.7 Å². The minimum Gasteiger partial charge on any atom is -0.449 e. The molecular weight excluding hydrogens is 179 g/mol. The van der Waals surface area contributed by atoms with Crippen LogP contribution in [0.1, 0.15) is 19.8 Å². The van der Waals surface area contributed by atoms with E-state index in [2.05, 4.69) is 0 Å². The van der Waals surface area contributed by atoms with Crippen molar-refractivity contribution in [1.29, 1.82) is 0 Å². The molecule has 1 fully saturated rings. The Morgan fingerprint density at radius 1 is 1.79 bits per heavy atom. The molecular formula is C9H19BN2O2. The molecule has 0 aromatic carbocycles. The number of carbonyl (C=O) groups is 1. The van der Waals surface area contributed by atoms with E-state index in [0.717, 1.165) is 19.4 Å². The lowest BCUT2D eigenvalue weighted by Gasteiger charge is -2.27. The van der Waals surface area contributed by atoms with Gasteiger partial charge in [-0.3, -0.25) is 4.79 Å². The normalized spacial score (nSPS) is 23.7. The van der Waals surface area contributed by atoms with Crippen LogP contribution in [0.25, 0.3) is 0 Å². The zero-order valence-electron chi connectivity index (χ0n) is 8.94. The Labute approximate surface area is 85.6 Å². The highest BCUT2D eigenvalue weighted by Crippen LogP contribution is 2.20. The first-order valence-corrected chi connectivity index (χ1v) is 5.26. The van der Waals surface area contributed by atoms with Gasteiger partial charge < -0.3 is 15.7 Å². The maximum atomic E-state index is 11.8. The first-order chi connectivity index (χ1) is 6.57. The lowest BCUT2D eigenvalue weighted by Crippen LogP contribution is -2.47. The lowest BCUT2D eigenvalue weighted by molar-refractivity contribution is -0.134. The summed E-state index contributed by atoms with van der Waals surface area (Å²) in [5.74, 6) is -0.0539. The van der Waals surface area contributed by atoms with Crippen LogP contribution in [0.15, 0.2) is 0 Å². The van der Waals surface area contributed by atoms with E-state index in [4.69, 9.17) is 5.73 Å². The fraction of sp³-hybridized carbons (Fsp3) is 0.889. The summed E-state index contributed by atoms with van der Waals surface area (Å²) in [5, 5.41) is 9.50. The van der Waals surface area contributed by atoms with Crippen molar-refractivity contribution in [1.82, 2.24) is 4.90 Å². The summed E-state index contributed by atoms with van der Waals surface area (Å²) in [6, 6.07) is 0. The van der Waals surface area contributed by atoms with Crippen molar-refractivity contribution in [2.45, 2.75) is 32.5 Å². The molecule has 4 nitrogen and oxygen atoms in total. The van der Waals surface area contributed by atoms with Crippen LogP contribution in [0.2, 0.25) is 6.82 Å². The molecule has 0 aromatic heterocycles. The maximum absolute atomic E-state index is 11.8. The van der Waals surface area contributed by atoms with Gasteiger partial charge in [0.25, 0.3) is 0 Å². The SMILES string of the molecule is CB(O)[C@@H]1CCCN1C(=O)C(C)CN. The Morgan fingerprint density at radius 3 is 2.93 bits per heavy atom. The van der Waals surface area contributed by atoms with E-state index in [1.807, 2.05) is 6.92 Å². The summed E-state index contributed by atoms with van der Waals surface area (Å²) < 4.78 is 0. The average molecular weight is 198 g/mol. The standard InChI is InChI=1S/C9H19BN2O2/c1-7(6-11)9(13)12-5-3-4-8(12)10(2)14/h7-8,14H,3-6,11H2,1-2H3/t7?,8-/m0/s1. The Morgan fingerprint density at radius 2 is 2.43 bits per heavy atom. The monoisotopic (exact) mass is 198 g/mol. The van der Waals surface area contributed by atoms with E-state index in [1.54, 1.807) is 11.7 Å². The van der Waals surface area contributed by atoms with Crippen LogP contribution in [0, 0.1) is 5.92 Å². The van der Waals surface area contributed by atoms with E-state index in [9.17, 15) is 9.82 Å². The molecule has 0 aromatic rings. The molecule has 2 atom stereocenters. The number of amides is 1. The third-order valence-corrected chi connectivity index (χ3v) is 2.91. The molecule has 5 heteroatoms. The number of nitrogens with zero attached hydrogens (tertiary/aromatic N) is 1. The molecule has 14 heavy (non-hydrogen) atoms. The van der Waals surface area contributed by atoms with E-state index in [1.165, 1.54) is 0 Å². The number of nitrogens with two attached hydrogens (primary N) is 1. The third-order valence-electron chi connectivity index (χ3n) is 2.91.